The predicted molar refractivity (Wildman–Crippen MR) is 78.0 cm³/mol. The van der Waals surface area contributed by atoms with E-state index >= 15 is 0 Å². The van der Waals surface area contributed by atoms with Gasteiger partial charge >= 0.3 is 5.97 Å². The fourth-order valence-electron chi connectivity index (χ4n) is 1.93. The zero-order valence-corrected chi connectivity index (χ0v) is 11.7. The van der Waals surface area contributed by atoms with E-state index < -0.39 is 0 Å². The van der Waals surface area contributed by atoms with Crippen LogP contribution in [0.3, 0.4) is 0 Å². The fourth-order valence-corrected chi connectivity index (χ4v) is 1.93. The van der Waals surface area contributed by atoms with Gasteiger partial charge in [-0.05, 0) is 30.5 Å². The van der Waals surface area contributed by atoms with E-state index in [-0.39, 0.29) is 5.97 Å². The number of nitrogens with zero attached hydrogens (tertiary/aromatic N) is 1. The van der Waals surface area contributed by atoms with Gasteiger partial charge in [0.2, 0.25) is 0 Å². The number of fused-ring (bicyclic) bond motifs is 1. The van der Waals surface area contributed by atoms with Gasteiger partial charge in [-0.3, -0.25) is 4.79 Å². The van der Waals surface area contributed by atoms with E-state index in [9.17, 15) is 4.79 Å². The molecule has 0 aliphatic heterocycles. The number of carbonyl (C=O) groups is 1. The van der Waals surface area contributed by atoms with Crippen molar-refractivity contribution in [2.75, 3.05) is 25.6 Å². The van der Waals surface area contributed by atoms with Crippen LogP contribution in [0.5, 0.6) is 5.75 Å². The van der Waals surface area contributed by atoms with Gasteiger partial charge in [0.1, 0.15) is 11.6 Å². The third kappa shape index (κ3) is 3.38. The molecule has 0 atom stereocenters. The molecular formula is C15H18N2O3. The van der Waals surface area contributed by atoms with Crippen molar-refractivity contribution in [3.05, 3.63) is 30.5 Å². The summed E-state index contributed by atoms with van der Waals surface area (Å²) in [5, 5.41) is 5.20. The predicted octanol–water partition coefficient (Wildman–Crippen LogP) is 2.61. The zero-order chi connectivity index (χ0) is 14.4. The molecule has 1 aromatic heterocycles. The molecule has 0 aliphatic carbocycles. The highest BCUT2D eigenvalue weighted by Gasteiger charge is 2.05. The molecule has 0 spiro atoms. The van der Waals surface area contributed by atoms with Crippen molar-refractivity contribution in [2.24, 2.45) is 0 Å². The van der Waals surface area contributed by atoms with E-state index in [4.69, 9.17) is 9.47 Å². The monoisotopic (exact) mass is 274 g/mol. The Kier molecular flexibility index (Phi) is 4.76. The molecule has 0 bridgehead atoms. The van der Waals surface area contributed by atoms with Crippen molar-refractivity contribution in [2.45, 2.75) is 13.3 Å². The molecule has 1 aromatic carbocycles. The first-order valence-corrected chi connectivity index (χ1v) is 6.57. The molecule has 0 fully saturated rings. The van der Waals surface area contributed by atoms with Crippen LogP contribution in [-0.2, 0) is 9.53 Å². The second-order valence-electron chi connectivity index (χ2n) is 4.23. The van der Waals surface area contributed by atoms with Crippen LogP contribution in [0.25, 0.3) is 10.8 Å². The standard InChI is InChI=1S/C15H18N2O3/c1-3-20-14(18)7-9-17-15-13-10-12(19-2)5-4-11(13)6-8-16-15/h4-6,8,10H,3,7,9H2,1-2H3,(H,16,17). The molecule has 2 rings (SSSR count). The minimum absolute atomic E-state index is 0.210. The highest BCUT2D eigenvalue weighted by molar-refractivity contribution is 5.92. The third-order valence-corrected chi connectivity index (χ3v) is 2.90. The minimum Gasteiger partial charge on any atom is -0.497 e. The second kappa shape index (κ2) is 6.75. The number of aromatic nitrogens is 1. The molecule has 1 heterocycles. The summed E-state index contributed by atoms with van der Waals surface area (Å²) in [6.07, 6.45) is 2.05. The Morgan fingerprint density at radius 2 is 2.20 bits per heavy atom. The molecular weight excluding hydrogens is 256 g/mol. The third-order valence-electron chi connectivity index (χ3n) is 2.90. The Bertz CT molecular complexity index is 599. The molecule has 2 aromatic rings. The summed E-state index contributed by atoms with van der Waals surface area (Å²) in [5.41, 5.74) is 0. The van der Waals surface area contributed by atoms with Crippen LogP contribution in [0.15, 0.2) is 30.5 Å². The summed E-state index contributed by atoms with van der Waals surface area (Å²) in [5.74, 6) is 1.31. The molecule has 0 amide bonds. The van der Waals surface area contributed by atoms with E-state index in [0.717, 1.165) is 22.3 Å². The molecule has 5 nitrogen and oxygen atoms in total. The number of carbonyl (C=O) groups excluding carboxylic acids is 1. The van der Waals surface area contributed by atoms with E-state index in [2.05, 4.69) is 10.3 Å². The Morgan fingerprint density at radius 3 is 2.95 bits per heavy atom. The second-order valence-corrected chi connectivity index (χ2v) is 4.23. The number of ether oxygens (including phenoxy) is 2. The molecule has 0 aliphatic rings. The van der Waals surface area contributed by atoms with Crippen LogP contribution in [-0.4, -0.2) is 31.2 Å². The molecule has 20 heavy (non-hydrogen) atoms. The SMILES string of the molecule is CCOC(=O)CCNc1nccc2ccc(OC)cc12. The number of benzene rings is 1. The Hall–Kier alpha value is -2.30. The van der Waals surface area contributed by atoms with Gasteiger partial charge in [0.25, 0.3) is 0 Å². The number of pyridine rings is 1. The summed E-state index contributed by atoms with van der Waals surface area (Å²) >= 11 is 0. The largest absolute Gasteiger partial charge is 0.497 e. The highest BCUT2D eigenvalue weighted by Crippen LogP contribution is 2.25. The van der Waals surface area contributed by atoms with Gasteiger partial charge in [-0.15, -0.1) is 0 Å². The van der Waals surface area contributed by atoms with Crippen molar-refractivity contribution < 1.29 is 14.3 Å². The summed E-state index contributed by atoms with van der Waals surface area (Å²) in [4.78, 5) is 15.6. The van der Waals surface area contributed by atoms with Gasteiger partial charge in [-0.2, -0.15) is 0 Å². The molecule has 1 N–H and O–H groups in total. The van der Waals surface area contributed by atoms with E-state index in [1.54, 1.807) is 20.2 Å². The lowest BCUT2D eigenvalue weighted by molar-refractivity contribution is -0.142. The summed E-state index contributed by atoms with van der Waals surface area (Å²) in [6.45, 7) is 2.69. The lowest BCUT2D eigenvalue weighted by Gasteiger charge is -2.09. The van der Waals surface area contributed by atoms with Gasteiger partial charge in [0, 0.05) is 18.1 Å². The zero-order valence-electron chi connectivity index (χ0n) is 11.7. The van der Waals surface area contributed by atoms with Gasteiger partial charge < -0.3 is 14.8 Å². The average Bonchev–Trinajstić information content (AvgIpc) is 2.47. The Morgan fingerprint density at radius 1 is 1.35 bits per heavy atom. The number of esters is 1. The van der Waals surface area contributed by atoms with Crippen LogP contribution in [0.1, 0.15) is 13.3 Å². The number of nitrogens with one attached hydrogen (secondary N) is 1. The maximum atomic E-state index is 11.3. The lowest BCUT2D eigenvalue weighted by atomic mass is 10.1. The summed E-state index contributed by atoms with van der Waals surface area (Å²) < 4.78 is 10.1. The van der Waals surface area contributed by atoms with Crippen molar-refractivity contribution in [3.63, 3.8) is 0 Å². The average molecular weight is 274 g/mol. The summed E-state index contributed by atoms with van der Waals surface area (Å²) in [6, 6.07) is 7.75. The molecule has 5 heteroatoms. The molecule has 0 saturated carbocycles. The Balaban J connectivity index is 2.11. The lowest BCUT2D eigenvalue weighted by Crippen LogP contribution is -2.12. The first-order chi connectivity index (χ1) is 9.74. The van der Waals surface area contributed by atoms with Crippen molar-refractivity contribution in [1.29, 1.82) is 0 Å². The first kappa shape index (κ1) is 14.1. The Labute approximate surface area is 117 Å². The number of hydrogen-bond acceptors (Lipinski definition) is 5. The van der Waals surface area contributed by atoms with E-state index in [1.807, 2.05) is 24.3 Å². The fraction of sp³-hybridized carbons (Fsp3) is 0.333. The maximum Gasteiger partial charge on any atom is 0.307 e. The van der Waals surface area contributed by atoms with Crippen LogP contribution in [0.4, 0.5) is 5.82 Å². The topological polar surface area (TPSA) is 60.5 Å². The highest BCUT2D eigenvalue weighted by atomic mass is 16.5. The number of methoxy groups -OCH3 is 1. The van der Waals surface area contributed by atoms with Crippen LogP contribution >= 0.6 is 0 Å². The van der Waals surface area contributed by atoms with Gasteiger partial charge in [0.05, 0.1) is 20.1 Å². The van der Waals surface area contributed by atoms with E-state index in [1.165, 1.54) is 0 Å². The van der Waals surface area contributed by atoms with Crippen molar-refractivity contribution in [1.82, 2.24) is 4.98 Å². The first-order valence-electron chi connectivity index (χ1n) is 6.57. The van der Waals surface area contributed by atoms with Crippen LogP contribution in [0, 0.1) is 0 Å². The number of rotatable bonds is 6. The van der Waals surface area contributed by atoms with Crippen molar-refractivity contribution in [3.8, 4) is 5.75 Å². The quantitative estimate of drug-likeness (QED) is 0.820. The van der Waals surface area contributed by atoms with Gasteiger partial charge in [-0.1, -0.05) is 6.07 Å². The summed E-state index contributed by atoms with van der Waals surface area (Å²) in [7, 11) is 1.63. The molecule has 0 saturated heterocycles. The number of hydrogen-bond donors (Lipinski definition) is 1. The normalized spacial score (nSPS) is 10.3. The smallest absolute Gasteiger partial charge is 0.307 e. The number of anilines is 1. The van der Waals surface area contributed by atoms with Crippen LogP contribution in [0.2, 0.25) is 0 Å². The molecule has 0 unspecified atom stereocenters. The van der Waals surface area contributed by atoms with Crippen LogP contribution < -0.4 is 10.1 Å². The van der Waals surface area contributed by atoms with Gasteiger partial charge in [0.15, 0.2) is 0 Å². The van der Waals surface area contributed by atoms with E-state index in [0.29, 0.717) is 19.6 Å². The molecule has 106 valence electrons. The maximum absolute atomic E-state index is 11.3. The molecule has 0 radical (unpaired) electrons. The van der Waals surface area contributed by atoms with Gasteiger partial charge in [-0.25, -0.2) is 4.98 Å². The van der Waals surface area contributed by atoms with Crippen molar-refractivity contribution >= 4 is 22.6 Å². The minimum atomic E-state index is -0.210.